The minimum atomic E-state index is 0.623. The van der Waals surface area contributed by atoms with E-state index in [1.54, 1.807) is 12.3 Å². The van der Waals surface area contributed by atoms with Crippen molar-refractivity contribution in [2.75, 3.05) is 0 Å². The van der Waals surface area contributed by atoms with Gasteiger partial charge >= 0.3 is 0 Å². The third kappa shape index (κ3) is 11.2. The van der Waals surface area contributed by atoms with E-state index in [1.165, 1.54) is 69.8 Å². The van der Waals surface area contributed by atoms with Crippen molar-refractivity contribution in [2.45, 2.75) is 78.1 Å². The molecule has 1 nitrogen and oxygen atoms in total. The lowest BCUT2D eigenvalue weighted by molar-refractivity contribution is 0.460. The van der Waals surface area contributed by atoms with Crippen LogP contribution in [0.3, 0.4) is 0 Å². The third-order valence-electron chi connectivity index (χ3n) is 3.93. The van der Waals surface area contributed by atoms with Gasteiger partial charge in [0.15, 0.2) is 0 Å². The molecule has 0 amide bonds. The zero-order chi connectivity index (χ0) is 15.8. The number of aliphatic imine (C=N–C) groups is 1. The van der Waals surface area contributed by atoms with Crippen LogP contribution in [-0.2, 0) is 0 Å². The lowest BCUT2D eigenvalue weighted by Crippen LogP contribution is -2.03. The van der Waals surface area contributed by atoms with Gasteiger partial charge in [0.25, 0.3) is 0 Å². The average molecular weight is 290 g/mol. The molecule has 0 aromatic carbocycles. The van der Waals surface area contributed by atoms with Crippen LogP contribution < -0.4 is 0 Å². The van der Waals surface area contributed by atoms with E-state index < -0.39 is 0 Å². The Kier molecular flexibility index (Phi) is 14.5. The predicted octanol–water partition coefficient (Wildman–Crippen LogP) is 6.87. The van der Waals surface area contributed by atoms with Crippen molar-refractivity contribution in [3.63, 3.8) is 0 Å². The van der Waals surface area contributed by atoms with E-state index in [4.69, 9.17) is 0 Å². The van der Waals surface area contributed by atoms with Crippen molar-refractivity contribution in [1.29, 1.82) is 0 Å². The Morgan fingerprint density at radius 2 is 1.48 bits per heavy atom. The van der Waals surface area contributed by atoms with Gasteiger partial charge in [-0.15, -0.1) is 0 Å². The molecule has 0 aliphatic carbocycles. The molecule has 0 aliphatic heterocycles. The van der Waals surface area contributed by atoms with Crippen molar-refractivity contribution < 1.29 is 0 Å². The standard InChI is InChI=1S/C20H35N/c1-5-9-11-13-15-20(16-14-12-10-6-2)19(8-4)18-21-17-7-3/h7-8,17-18,20H,3-6,9-16H2,1-2H3/b19-18+,21-17-. The van der Waals surface area contributed by atoms with Crippen molar-refractivity contribution >= 4 is 6.21 Å². The van der Waals surface area contributed by atoms with Crippen molar-refractivity contribution in [1.82, 2.24) is 0 Å². The summed E-state index contributed by atoms with van der Waals surface area (Å²) in [7, 11) is 0. The molecule has 0 spiro atoms. The molecule has 0 saturated heterocycles. The van der Waals surface area contributed by atoms with Crippen molar-refractivity contribution in [3.8, 4) is 0 Å². The van der Waals surface area contributed by atoms with E-state index in [2.05, 4.69) is 32.0 Å². The smallest absolute Gasteiger partial charge is 0.0302 e. The summed E-state index contributed by atoms with van der Waals surface area (Å²) in [5.41, 5.74) is 1.29. The molecule has 0 aromatic heterocycles. The maximum atomic E-state index is 4.29. The minimum Gasteiger partial charge on any atom is -0.264 e. The monoisotopic (exact) mass is 289 g/mol. The van der Waals surface area contributed by atoms with Gasteiger partial charge in [-0.1, -0.05) is 90.5 Å². The molecule has 0 fully saturated rings. The van der Waals surface area contributed by atoms with Crippen LogP contribution in [0.15, 0.2) is 42.1 Å². The second kappa shape index (κ2) is 15.3. The molecule has 0 rings (SSSR count). The highest BCUT2D eigenvalue weighted by atomic mass is 14.7. The lowest BCUT2D eigenvalue weighted by Gasteiger charge is -2.18. The summed E-state index contributed by atoms with van der Waals surface area (Å²) >= 11 is 0. The summed E-state index contributed by atoms with van der Waals surface area (Å²) in [5, 5.41) is 0. The maximum Gasteiger partial charge on any atom is 0.0302 e. The molecule has 0 saturated carbocycles. The van der Waals surface area contributed by atoms with Crippen LogP contribution in [0.25, 0.3) is 0 Å². The van der Waals surface area contributed by atoms with Crippen LogP contribution in [0.1, 0.15) is 78.1 Å². The summed E-state index contributed by atoms with van der Waals surface area (Å²) < 4.78 is 0. The van der Waals surface area contributed by atoms with E-state index in [-0.39, 0.29) is 0 Å². The summed E-state index contributed by atoms with van der Waals surface area (Å²) in [6.07, 6.45) is 20.6. The Bertz CT molecular complexity index is 300. The molecular formula is C20H35N. The highest BCUT2D eigenvalue weighted by molar-refractivity contribution is 5.70. The highest BCUT2D eigenvalue weighted by Gasteiger charge is 2.11. The van der Waals surface area contributed by atoms with Gasteiger partial charge in [-0.2, -0.15) is 0 Å². The van der Waals surface area contributed by atoms with E-state index in [0.717, 1.165) is 0 Å². The first-order valence-corrected chi connectivity index (χ1v) is 8.76. The second-order valence-corrected chi connectivity index (χ2v) is 5.76. The third-order valence-corrected chi connectivity index (χ3v) is 3.93. The number of unbranched alkanes of at least 4 members (excludes halogenated alkanes) is 6. The molecule has 0 heterocycles. The zero-order valence-corrected chi connectivity index (χ0v) is 14.3. The summed E-state index contributed by atoms with van der Waals surface area (Å²) in [5.74, 6) is 0.623. The molecule has 0 bridgehead atoms. The molecule has 0 radical (unpaired) electrons. The molecule has 21 heavy (non-hydrogen) atoms. The summed E-state index contributed by atoms with van der Waals surface area (Å²) in [4.78, 5) is 4.29. The Morgan fingerprint density at radius 1 is 0.905 bits per heavy atom. The Hall–Kier alpha value is -1.11. The van der Waals surface area contributed by atoms with E-state index in [0.29, 0.717) is 5.92 Å². The van der Waals surface area contributed by atoms with Gasteiger partial charge in [-0.25, -0.2) is 0 Å². The van der Waals surface area contributed by atoms with Crippen LogP contribution in [0, 0.1) is 5.92 Å². The number of hydrogen-bond donors (Lipinski definition) is 0. The van der Waals surface area contributed by atoms with Gasteiger partial charge in [0.2, 0.25) is 0 Å². The number of hydrogen-bond acceptors (Lipinski definition) is 1. The molecule has 0 aromatic rings. The summed E-state index contributed by atoms with van der Waals surface area (Å²) in [6.45, 7) is 12.2. The molecule has 0 atom stereocenters. The number of rotatable bonds is 14. The van der Waals surface area contributed by atoms with Crippen molar-refractivity contribution in [3.05, 3.63) is 37.1 Å². The number of nitrogens with zero attached hydrogens (tertiary/aromatic N) is 1. The van der Waals surface area contributed by atoms with E-state index in [1.807, 2.05) is 12.3 Å². The molecule has 0 N–H and O–H groups in total. The zero-order valence-electron chi connectivity index (χ0n) is 14.3. The maximum absolute atomic E-state index is 4.29. The topological polar surface area (TPSA) is 12.4 Å². The quantitative estimate of drug-likeness (QED) is 0.188. The molecule has 0 aliphatic rings. The lowest BCUT2D eigenvalue weighted by atomic mass is 9.88. The van der Waals surface area contributed by atoms with Gasteiger partial charge in [-0.3, -0.25) is 4.99 Å². The number of allylic oxidation sites excluding steroid dienone is 3. The molecule has 1 heteroatoms. The first-order chi connectivity index (χ1) is 10.3. The van der Waals surface area contributed by atoms with Crippen molar-refractivity contribution in [2.24, 2.45) is 10.9 Å². The molecule has 120 valence electrons. The van der Waals surface area contributed by atoms with Crippen LogP contribution in [0.5, 0.6) is 0 Å². The first-order valence-electron chi connectivity index (χ1n) is 8.76. The molecule has 0 unspecified atom stereocenters. The van der Waals surface area contributed by atoms with Gasteiger partial charge in [0.1, 0.15) is 0 Å². The fourth-order valence-electron chi connectivity index (χ4n) is 2.63. The van der Waals surface area contributed by atoms with Gasteiger partial charge in [0, 0.05) is 12.4 Å². The Balaban J connectivity index is 4.49. The minimum absolute atomic E-state index is 0.623. The average Bonchev–Trinajstić information content (AvgIpc) is 2.50. The van der Waals surface area contributed by atoms with Gasteiger partial charge in [0.05, 0.1) is 0 Å². The van der Waals surface area contributed by atoms with Gasteiger partial charge < -0.3 is 0 Å². The Labute approximate surface area is 132 Å². The van der Waals surface area contributed by atoms with Crippen LogP contribution >= 0.6 is 0 Å². The summed E-state index contributed by atoms with van der Waals surface area (Å²) in [6, 6.07) is 0. The van der Waals surface area contributed by atoms with E-state index >= 15 is 0 Å². The highest BCUT2D eigenvalue weighted by Crippen LogP contribution is 2.26. The Morgan fingerprint density at radius 3 is 1.90 bits per heavy atom. The second-order valence-electron chi connectivity index (χ2n) is 5.76. The first kappa shape index (κ1) is 19.9. The van der Waals surface area contributed by atoms with Gasteiger partial charge in [-0.05, 0) is 24.3 Å². The van der Waals surface area contributed by atoms with Crippen LogP contribution in [0.2, 0.25) is 0 Å². The fourth-order valence-corrected chi connectivity index (χ4v) is 2.63. The largest absolute Gasteiger partial charge is 0.264 e. The van der Waals surface area contributed by atoms with Crippen LogP contribution in [0.4, 0.5) is 0 Å². The normalized spacial score (nSPS) is 12.2. The predicted molar refractivity (Wildman–Crippen MR) is 98.0 cm³/mol. The molecular weight excluding hydrogens is 254 g/mol. The SMILES string of the molecule is C=C/C=N\C=C(/C=C)C(CCCCCC)CCCCCC. The van der Waals surface area contributed by atoms with Crippen LogP contribution in [-0.4, -0.2) is 6.21 Å². The fraction of sp³-hybridized carbons (Fsp3) is 0.650. The van der Waals surface area contributed by atoms with E-state index in [9.17, 15) is 0 Å².